The molecule has 2 fully saturated rings. The summed E-state index contributed by atoms with van der Waals surface area (Å²) in [6.07, 6.45) is 3.58. The number of likely N-dealkylation sites (tertiary alicyclic amines) is 1. The summed E-state index contributed by atoms with van der Waals surface area (Å²) in [5, 5.41) is 7.87. The van der Waals surface area contributed by atoms with Crippen LogP contribution in [-0.2, 0) is 9.53 Å². The monoisotopic (exact) mass is 432 g/mol. The number of ether oxygens (including phenoxy) is 1. The predicted molar refractivity (Wildman–Crippen MR) is 126 cm³/mol. The molecule has 1 amide bonds. The number of methoxy groups -OCH3 is 1. The van der Waals surface area contributed by atoms with Crippen LogP contribution < -0.4 is 10.6 Å². The van der Waals surface area contributed by atoms with E-state index in [4.69, 9.17) is 17.0 Å². The highest BCUT2D eigenvalue weighted by Crippen LogP contribution is 2.35. The van der Waals surface area contributed by atoms with Crippen LogP contribution in [0.25, 0.3) is 0 Å². The predicted octanol–water partition coefficient (Wildman–Crippen LogP) is 3.37. The molecule has 0 radical (unpaired) electrons. The molecule has 7 heteroatoms. The van der Waals surface area contributed by atoms with E-state index < -0.39 is 0 Å². The maximum atomic E-state index is 13.2. The molecule has 2 N–H and O–H groups in total. The van der Waals surface area contributed by atoms with Crippen LogP contribution in [0.2, 0.25) is 0 Å². The summed E-state index contributed by atoms with van der Waals surface area (Å²) in [5.41, 5.74) is 1.96. The zero-order valence-corrected chi connectivity index (χ0v) is 19.6. The Balaban J connectivity index is 1.66. The van der Waals surface area contributed by atoms with Crippen molar-refractivity contribution in [1.82, 2.24) is 15.1 Å². The molecule has 1 spiro atoms. The maximum absolute atomic E-state index is 13.2. The first-order valence-corrected chi connectivity index (χ1v) is 11.5. The van der Waals surface area contributed by atoms with Crippen LogP contribution >= 0.6 is 12.2 Å². The van der Waals surface area contributed by atoms with E-state index in [2.05, 4.69) is 53.3 Å². The summed E-state index contributed by atoms with van der Waals surface area (Å²) in [7, 11) is 1.71. The number of rotatable bonds is 7. The third-order valence-electron chi connectivity index (χ3n) is 6.56. The Bertz CT molecular complexity index is 748. The summed E-state index contributed by atoms with van der Waals surface area (Å²) in [6, 6.07) is 8.15. The Labute approximate surface area is 186 Å². The zero-order valence-electron chi connectivity index (χ0n) is 18.7. The minimum atomic E-state index is -0.269. The van der Waals surface area contributed by atoms with Gasteiger partial charge in [-0.2, -0.15) is 0 Å². The number of thiocarbonyl (C=S) groups is 1. The second-order valence-corrected chi connectivity index (χ2v) is 9.05. The first-order valence-electron chi connectivity index (χ1n) is 11.1. The second-order valence-electron chi connectivity index (χ2n) is 8.66. The van der Waals surface area contributed by atoms with Crippen LogP contribution in [0.1, 0.15) is 45.1 Å². The Hall–Kier alpha value is -1.70. The Kier molecular flexibility index (Phi) is 7.71. The van der Waals surface area contributed by atoms with E-state index in [0.717, 1.165) is 56.1 Å². The first-order chi connectivity index (χ1) is 14.4. The van der Waals surface area contributed by atoms with Gasteiger partial charge in [-0.25, -0.2) is 0 Å². The molecule has 1 aromatic carbocycles. The van der Waals surface area contributed by atoms with E-state index in [0.29, 0.717) is 12.5 Å². The highest BCUT2D eigenvalue weighted by Gasteiger charge is 2.52. The van der Waals surface area contributed by atoms with E-state index in [1.54, 1.807) is 7.11 Å². The number of benzene rings is 1. The Morgan fingerprint density at radius 1 is 1.40 bits per heavy atom. The molecule has 30 heavy (non-hydrogen) atoms. The molecule has 3 rings (SSSR count). The summed E-state index contributed by atoms with van der Waals surface area (Å²) >= 11 is 5.68. The van der Waals surface area contributed by atoms with E-state index >= 15 is 0 Å². The number of hydrogen-bond donors (Lipinski definition) is 2. The molecule has 0 bridgehead atoms. The molecule has 0 aromatic heterocycles. The van der Waals surface area contributed by atoms with Gasteiger partial charge in [0.2, 0.25) is 5.91 Å². The molecule has 2 unspecified atom stereocenters. The van der Waals surface area contributed by atoms with Crippen molar-refractivity contribution in [2.45, 2.75) is 58.2 Å². The molecule has 1 aromatic rings. The van der Waals surface area contributed by atoms with Gasteiger partial charge in [-0.3, -0.25) is 10.1 Å². The first kappa shape index (κ1) is 23.0. The van der Waals surface area contributed by atoms with E-state index in [-0.39, 0.29) is 17.6 Å². The van der Waals surface area contributed by atoms with Gasteiger partial charge in [0.05, 0.1) is 11.7 Å². The number of aryl methyl sites for hydroxylation is 1. The lowest BCUT2D eigenvalue weighted by Gasteiger charge is -2.45. The molecule has 6 nitrogen and oxygen atoms in total. The maximum Gasteiger partial charge on any atom is 0.241 e. The van der Waals surface area contributed by atoms with Gasteiger partial charge in [0, 0.05) is 51.9 Å². The quantitative estimate of drug-likeness (QED) is 0.509. The molecule has 2 atom stereocenters. The average molecular weight is 433 g/mol. The summed E-state index contributed by atoms with van der Waals surface area (Å²) in [4.78, 5) is 17.5. The van der Waals surface area contributed by atoms with Gasteiger partial charge in [-0.05, 0) is 49.2 Å². The molecular formula is C23H36N4O2S. The Morgan fingerprint density at radius 2 is 2.13 bits per heavy atom. The van der Waals surface area contributed by atoms with Gasteiger partial charge in [0.15, 0.2) is 5.11 Å². The van der Waals surface area contributed by atoms with Crippen LogP contribution in [0.3, 0.4) is 0 Å². The number of hydrogen-bond acceptors (Lipinski definition) is 4. The van der Waals surface area contributed by atoms with Crippen molar-refractivity contribution in [3.8, 4) is 0 Å². The number of carbonyl (C=O) groups is 1. The Morgan fingerprint density at radius 3 is 2.77 bits per heavy atom. The van der Waals surface area contributed by atoms with Crippen molar-refractivity contribution >= 4 is 28.9 Å². The lowest BCUT2D eigenvalue weighted by atomic mass is 9.95. The number of nitrogens with one attached hydrogen (secondary N) is 2. The second kappa shape index (κ2) is 10.1. The molecule has 2 aliphatic rings. The number of piperidine rings is 1. The zero-order chi connectivity index (χ0) is 21.7. The molecule has 0 saturated carbocycles. The average Bonchev–Trinajstić information content (AvgIpc) is 3.00. The van der Waals surface area contributed by atoms with Crippen molar-refractivity contribution in [3.63, 3.8) is 0 Å². The normalized spacial score (nSPS) is 21.9. The lowest BCUT2D eigenvalue weighted by molar-refractivity contribution is -0.134. The summed E-state index contributed by atoms with van der Waals surface area (Å²) < 4.78 is 5.23. The minimum absolute atomic E-state index is 0.0959. The van der Waals surface area contributed by atoms with Crippen molar-refractivity contribution in [2.24, 2.45) is 5.92 Å². The fourth-order valence-electron chi connectivity index (χ4n) is 4.54. The van der Waals surface area contributed by atoms with Gasteiger partial charge >= 0.3 is 0 Å². The van der Waals surface area contributed by atoms with Crippen LogP contribution in [0.5, 0.6) is 0 Å². The number of amides is 1. The topological polar surface area (TPSA) is 56.8 Å². The molecule has 0 aliphatic carbocycles. The third kappa shape index (κ3) is 4.95. The van der Waals surface area contributed by atoms with Crippen molar-refractivity contribution in [3.05, 3.63) is 29.8 Å². The van der Waals surface area contributed by atoms with Crippen molar-refractivity contribution in [1.29, 1.82) is 0 Å². The highest BCUT2D eigenvalue weighted by molar-refractivity contribution is 7.80. The van der Waals surface area contributed by atoms with E-state index in [9.17, 15) is 4.79 Å². The smallest absolute Gasteiger partial charge is 0.241 e. The lowest BCUT2D eigenvalue weighted by Crippen LogP contribution is -2.60. The molecule has 2 heterocycles. The number of anilines is 1. The number of nitrogens with zero attached hydrogens (tertiary/aromatic N) is 2. The third-order valence-corrected chi connectivity index (χ3v) is 6.92. The van der Waals surface area contributed by atoms with Gasteiger partial charge in [0.1, 0.15) is 0 Å². The van der Waals surface area contributed by atoms with Gasteiger partial charge in [-0.15, -0.1) is 0 Å². The van der Waals surface area contributed by atoms with Crippen molar-refractivity contribution in [2.75, 3.05) is 38.7 Å². The fourth-order valence-corrected chi connectivity index (χ4v) is 4.84. The van der Waals surface area contributed by atoms with E-state index in [1.165, 1.54) is 5.56 Å². The molecule has 2 saturated heterocycles. The van der Waals surface area contributed by atoms with Crippen LogP contribution in [-0.4, -0.2) is 65.9 Å². The highest BCUT2D eigenvalue weighted by atomic mass is 32.1. The van der Waals surface area contributed by atoms with E-state index in [1.807, 2.05) is 12.1 Å². The van der Waals surface area contributed by atoms with Gasteiger partial charge < -0.3 is 19.9 Å². The van der Waals surface area contributed by atoms with Gasteiger partial charge in [-0.1, -0.05) is 32.4 Å². The standard InChI is InChI=1S/C23H36N4O2S/c1-5-18(3)20-21(28)27(12-7-15-29-4)23(25-20)10-13-26(14-11-23)22(30)24-19-9-6-8-17(2)16-19/h6,8-9,16,18,20,25H,5,7,10-15H2,1-4H3,(H,24,30). The largest absolute Gasteiger partial charge is 0.385 e. The van der Waals surface area contributed by atoms with Crippen LogP contribution in [0.4, 0.5) is 5.69 Å². The van der Waals surface area contributed by atoms with Crippen LogP contribution in [0, 0.1) is 12.8 Å². The van der Waals surface area contributed by atoms with Crippen molar-refractivity contribution < 1.29 is 9.53 Å². The van der Waals surface area contributed by atoms with Crippen LogP contribution in [0.15, 0.2) is 24.3 Å². The molecular weight excluding hydrogens is 396 g/mol. The minimum Gasteiger partial charge on any atom is -0.385 e. The summed E-state index contributed by atoms with van der Waals surface area (Å²) in [6.45, 7) is 9.45. The molecule has 2 aliphatic heterocycles. The molecule has 166 valence electrons. The number of carbonyl (C=O) groups excluding carboxylic acids is 1. The summed E-state index contributed by atoms with van der Waals surface area (Å²) in [5.74, 6) is 0.568. The fraction of sp³-hybridized carbons (Fsp3) is 0.652. The SMILES string of the molecule is CCC(C)C1NC2(CCN(C(=S)Nc3cccc(C)c3)CC2)N(CCCOC)C1=O. The van der Waals surface area contributed by atoms with Gasteiger partial charge in [0.25, 0.3) is 0 Å².